The van der Waals surface area contributed by atoms with Gasteiger partial charge in [0.05, 0.1) is 7.11 Å². The van der Waals surface area contributed by atoms with Crippen molar-refractivity contribution in [2.45, 2.75) is 45.7 Å². The lowest BCUT2D eigenvalue weighted by atomic mass is 10.1. The van der Waals surface area contributed by atoms with E-state index in [2.05, 4.69) is 24.0 Å². The number of methoxy groups -OCH3 is 1. The normalized spacial score (nSPS) is 19.6. The molecular formula is C16H23NO2. The Kier molecular flexibility index (Phi) is 4.59. The summed E-state index contributed by atoms with van der Waals surface area (Å²) in [4.78, 5) is 13.7. The number of hydrogen-bond donors (Lipinski definition) is 0. The fraction of sp³-hybridized carbons (Fsp3) is 0.562. The number of aryl methyl sites for hydroxylation is 1. The van der Waals surface area contributed by atoms with Crippen LogP contribution in [-0.4, -0.2) is 30.4 Å². The van der Waals surface area contributed by atoms with Crippen molar-refractivity contribution in [3.8, 4) is 5.75 Å². The van der Waals surface area contributed by atoms with Crippen LogP contribution in [0.2, 0.25) is 0 Å². The van der Waals surface area contributed by atoms with Gasteiger partial charge in [0.15, 0.2) is 0 Å². The van der Waals surface area contributed by atoms with E-state index in [1.54, 1.807) is 14.0 Å². The third-order valence-electron chi connectivity index (χ3n) is 3.83. The Bertz CT molecular complexity index is 456. The maximum atomic E-state index is 11.3. The van der Waals surface area contributed by atoms with Crippen molar-refractivity contribution in [3.63, 3.8) is 0 Å². The third kappa shape index (κ3) is 3.57. The molecule has 19 heavy (non-hydrogen) atoms. The van der Waals surface area contributed by atoms with Crippen LogP contribution < -0.4 is 4.74 Å². The highest BCUT2D eigenvalue weighted by Gasteiger charge is 2.26. The highest BCUT2D eigenvalue weighted by molar-refractivity contribution is 5.76. The minimum atomic E-state index is 0.285. The molecule has 0 amide bonds. The van der Waals surface area contributed by atoms with Crippen LogP contribution in [0.3, 0.4) is 0 Å². The van der Waals surface area contributed by atoms with Crippen molar-refractivity contribution in [2.24, 2.45) is 0 Å². The summed E-state index contributed by atoms with van der Waals surface area (Å²) in [7, 11) is 1.71. The zero-order chi connectivity index (χ0) is 13.8. The van der Waals surface area contributed by atoms with E-state index in [1.165, 1.54) is 17.5 Å². The Hall–Kier alpha value is -1.35. The molecule has 2 rings (SSSR count). The van der Waals surface area contributed by atoms with E-state index in [9.17, 15) is 4.79 Å². The second-order valence-electron chi connectivity index (χ2n) is 5.49. The second kappa shape index (κ2) is 6.20. The minimum Gasteiger partial charge on any atom is -0.496 e. The maximum Gasteiger partial charge on any atom is 0.131 e. The average Bonchev–Trinajstić information content (AvgIpc) is 2.76. The molecule has 0 aliphatic carbocycles. The molecule has 0 bridgehead atoms. The number of ketones is 1. The number of carbonyl (C=O) groups is 1. The molecule has 0 radical (unpaired) electrons. The van der Waals surface area contributed by atoms with Gasteiger partial charge in [0.2, 0.25) is 0 Å². The summed E-state index contributed by atoms with van der Waals surface area (Å²) in [5, 5.41) is 0. The summed E-state index contributed by atoms with van der Waals surface area (Å²) in [6, 6.07) is 6.69. The molecule has 0 spiro atoms. The quantitative estimate of drug-likeness (QED) is 0.816. The first-order valence-corrected chi connectivity index (χ1v) is 6.97. The summed E-state index contributed by atoms with van der Waals surface area (Å²) in [6.45, 7) is 5.74. The second-order valence-corrected chi connectivity index (χ2v) is 5.49. The zero-order valence-corrected chi connectivity index (χ0v) is 12.1. The van der Waals surface area contributed by atoms with Gasteiger partial charge in [0, 0.05) is 24.6 Å². The van der Waals surface area contributed by atoms with Crippen molar-refractivity contribution < 1.29 is 9.53 Å². The summed E-state index contributed by atoms with van der Waals surface area (Å²) < 4.78 is 5.43. The molecule has 1 saturated heterocycles. The topological polar surface area (TPSA) is 29.5 Å². The van der Waals surface area contributed by atoms with Crippen molar-refractivity contribution >= 4 is 5.78 Å². The predicted octanol–water partition coefficient (Wildman–Crippen LogP) is 2.95. The molecule has 104 valence electrons. The van der Waals surface area contributed by atoms with Gasteiger partial charge < -0.3 is 4.74 Å². The first kappa shape index (κ1) is 14.1. The van der Waals surface area contributed by atoms with Crippen LogP contribution in [0.4, 0.5) is 0 Å². The number of hydrogen-bond acceptors (Lipinski definition) is 3. The van der Waals surface area contributed by atoms with E-state index >= 15 is 0 Å². The van der Waals surface area contributed by atoms with Gasteiger partial charge in [0.1, 0.15) is 11.5 Å². The molecule has 3 heteroatoms. The zero-order valence-electron chi connectivity index (χ0n) is 12.1. The van der Waals surface area contributed by atoms with Crippen molar-refractivity contribution in [2.75, 3.05) is 13.7 Å². The average molecular weight is 261 g/mol. The molecule has 3 nitrogen and oxygen atoms in total. The number of carbonyl (C=O) groups excluding carboxylic acids is 1. The van der Waals surface area contributed by atoms with E-state index in [1.807, 2.05) is 6.07 Å². The molecule has 0 N–H and O–H groups in total. The largest absolute Gasteiger partial charge is 0.496 e. The first-order valence-electron chi connectivity index (χ1n) is 6.97. The van der Waals surface area contributed by atoms with Gasteiger partial charge in [-0.05, 0) is 39.3 Å². The van der Waals surface area contributed by atoms with Crippen molar-refractivity contribution in [3.05, 3.63) is 29.3 Å². The van der Waals surface area contributed by atoms with Gasteiger partial charge in [-0.1, -0.05) is 17.7 Å². The Morgan fingerprint density at radius 2 is 2.26 bits per heavy atom. The predicted molar refractivity (Wildman–Crippen MR) is 76.5 cm³/mol. The summed E-state index contributed by atoms with van der Waals surface area (Å²) >= 11 is 0. The standard InChI is InChI=1S/C16H23NO2/c1-12-6-7-16(19-3)14(9-12)11-17-8-4-5-15(17)10-13(2)18/h6-7,9,15H,4-5,8,10-11H2,1-3H3. The lowest BCUT2D eigenvalue weighted by Gasteiger charge is -2.24. The van der Waals surface area contributed by atoms with Crippen molar-refractivity contribution in [1.29, 1.82) is 0 Å². The number of rotatable bonds is 5. The van der Waals surface area contributed by atoms with E-state index < -0.39 is 0 Å². The fourth-order valence-corrected chi connectivity index (χ4v) is 2.92. The van der Waals surface area contributed by atoms with Gasteiger partial charge in [0.25, 0.3) is 0 Å². The number of benzene rings is 1. The van der Waals surface area contributed by atoms with E-state index in [-0.39, 0.29) is 5.78 Å². The number of ether oxygens (including phenoxy) is 1. The van der Waals surface area contributed by atoms with Crippen LogP contribution in [0.5, 0.6) is 5.75 Å². The molecule has 1 aliphatic rings. The Morgan fingerprint density at radius 1 is 1.47 bits per heavy atom. The Balaban J connectivity index is 2.11. The van der Waals surface area contributed by atoms with Crippen LogP contribution >= 0.6 is 0 Å². The molecule has 1 aromatic carbocycles. The fourth-order valence-electron chi connectivity index (χ4n) is 2.92. The molecule has 0 aromatic heterocycles. The van der Waals surface area contributed by atoms with Gasteiger partial charge in [-0.3, -0.25) is 9.69 Å². The number of nitrogens with zero attached hydrogens (tertiary/aromatic N) is 1. The summed E-state index contributed by atoms with van der Waals surface area (Å²) in [5.74, 6) is 1.23. The molecule has 1 atom stereocenters. The van der Waals surface area contributed by atoms with Crippen LogP contribution in [0.25, 0.3) is 0 Å². The third-order valence-corrected chi connectivity index (χ3v) is 3.83. The SMILES string of the molecule is COc1ccc(C)cc1CN1CCCC1CC(C)=O. The molecule has 1 aromatic rings. The van der Waals surface area contributed by atoms with Crippen LogP contribution in [0.1, 0.15) is 37.3 Å². The molecule has 1 fully saturated rings. The van der Waals surface area contributed by atoms with Gasteiger partial charge in [-0.15, -0.1) is 0 Å². The smallest absolute Gasteiger partial charge is 0.131 e. The van der Waals surface area contributed by atoms with E-state index in [4.69, 9.17) is 4.74 Å². The number of Topliss-reactive ketones (excluding diaryl/α,β-unsaturated/α-hetero) is 1. The highest BCUT2D eigenvalue weighted by Crippen LogP contribution is 2.27. The molecule has 1 unspecified atom stereocenters. The van der Waals surface area contributed by atoms with Gasteiger partial charge in [-0.2, -0.15) is 0 Å². The van der Waals surface area contributed by atoms with E-state index in [0.29, 0.717) is 12.5 Å². The summed E-state index contributed by atoms with van der Waals surface area (Å²) in [5.41, 5.74) is 2.47. The molecular weight excluding hydrogens is 238 g/mol. The Labute approximate surface area is 115 Å². The maximum absolute atomic E-state index is 11.3. The van der Waals surface area contributed by atoms with Crippen molar-refractivity contribution in [1.82, 2.24) is 4.90 Å². The lowest BCUT2D eigenvalue weighted by Crippen LogP contribution is -2.30. The van der Waals surface area contributed by atoms with Crippen LogP contribution in [0.15, 0.2) is 18.2 Å². The van der Waals surface area contributed by atoms with Gasteiger partial charge in [-0.25, -0.2) is 0 Å². The summed E-state index contributed by atoms with van der Waals surface area (Å²) in [6.07, 6.45) is 2.99. The molecule has 0 saturated carbocycles. The van der Waals surface area contributed by atoms with Gasteiger partial charge >= 0.3 is 0 Å². The Morgan fingerprint density at radius 3 is 2.95 bits per heavy atom. The van der Waals surface area contributed by atoms with E-state index in [0.717, 1.165) is 25.3 Å². The van der Waals surface area contributed by atoms with Crippen LogP contribution in [-0.2, 0) is 11.3 Å². The minimum absolute atomic E-state index is 0.285. The number of likely N-dealkylation sites (tertiary alicyclic amines) is 1. The van der Waals surface area contributed by atoms with Crippen LogP contribution in [0, 0.1) is 6.92 Å². The monoisotopic (exact) mass is 261 g/mol. The first-order chi connectivity index (χ1) is 9.10. The highest BCUT2D eigenvalue weighted by atomic mass is 16.5. The molecule has 1 aliphatic heterocycles. The molecule has 1 heterocycles. The lowest BCUT2D eigenvalue weighted by molar-refractivity contribution is -0.118.